The van der Waals surface area contributed by atoms with Crippen LogP contribution >= 0.6 is 11.6 Å². The topological polar surface area (TPSA) is 290 Å². The molecule has 4 aliphatic rings. The van der Waals surface area contributed by atoms with E-state index in [1.165, 1.54) is 11.0 Å². The van der Waals surface area contributed by atoms with Crippen LogP contribution in [0.2, 0.25) is 5.02 Å². The van der Waals surface area contributed by atoms with Gasteiger partial charge in [0.15, 0.2) is 6.10 Å². The van der Waals surface area contributed by atoms with E-state index in [1.807, 2.05) is 24.3 Å². The summed E-state index contributed by atoms with van der Waals surface area (Å²) in [6, 6.07) is 9.74. The van der Waals surface area contributed by atoms with Crippen LogP contribution in [-0.2, 0) is 57.3 Å². The maximum Gasteiger partial charge on any atom is 0.418 e. The molecule has 0 radical (unpaired) electrons. The number of carbonyl (C=O) groups is 8. The van der Waals surface area contributed by atoms with E-state index >= 15 is 0 Å². The largest absolute Gasteiger partial charge is 0.478 e. The lowest BCUT2D eigenvalue weighted by Crippen LogP contribution is -2.57. The Balaban J connectivity index is 0.000000588. The second kappa shape index (κ2) is 26.9. The van der Waals surface area contributed by atoms with E-state index in [2.05, 4.69) is 15.1 Å². The third-order valence-electron chi connectivity index (χ3n) is 11.8. The average molecular weight is 1020 g/mol. The van der Waals surface area contributed by atoms with Crippen molar-refractivity contribution in [3.8, 4) is 0 Å². The predicted molar refractivity (Wildman–Crippen MR) is 248 cm³/mol. The molecule has 0 spiro atoms. The van der Waals surface area contributed by atoms with Crippen LogP contribution in [0.5, 0.6) is 0 Å². The summed E-state index contributed by atoms with van der Waals surface area (Å²) in [5.74, 6) is -5.77. The van der Waals surface area contributed by atoms with Gasteiger partial charge in [0.2, 0.25) is 0 Å². The first-order chi connectivity index (χ1) is 33.6. The normalized spacial score (nSPS) is 17.6. The van der Waals surface area contributed by atoms with Gasteiger partial charge in [-0.25, -0.2) is 28.8 Å². The number of anilines is 2. The number of hydrogen-bond acceptors (Lipinski definition) is 13. The molecule has 25 heteroatoms. The molecule has 4 heterocycles. The molecule has 3 fully saturated rings. The Kier molecular flexibility index (Phi) is 21.5. The van der Waals surface area contributed by atoms with Crippen molar-refractivity contribution >= 4 is 70.9 Å². The molecule has 388 valence electrons. The summed E-state index contributed by atoms with van der Waals surface area (Å²) in [6.45, 7) is 6.79. The number of nitrogen functional groups attached to an aromatic ring is 1. The van der Waals surface area contributed by atoms with Crippen LogP contribution in [0.25, 0.3) is 0 Å². The number of nitrogens with two attached hydrogens (primary N) is 1. The van der Waals surface area contributed by atoms with E-state index in [-0.39, 0.29) is 60.7 Å². The van der Waals surface area contributed by atoms with Crippen molar-refractivity contribution in [1.82, 2.24) is 24.5 Å². The van der Waals surface area contributed by atoms with Crippen LogP contribution in [0.4, 0.5) is 34.1 Å². The molecule has 0 aromatic heterocycles. The number of carbonyl (C=O) groups excluding carboxylic acids is 4. The fourth-order valence-electron chi connectivity index (χ4n) is 8.34. The van der Waals surface area contributed by atoms with Gasteiger partial charge in [-0.15, -0.1) is 0 Å². The zero-order valence-electron chi connectivity index (χ0n) is 38.7. The first kappa shape index (κ1) is 56.7. The molecule has 71 heavy (non-hydrogen) atoms. The Morgan fingerprint density at radius 3 is 1.87 bits per heavy atom. The Labute approximate surface area is 411 Å². The molecule has 0 saturated carbocycles. The van der Waals surface area contributed by atoms with Gasteiger partial charge < -0.3 is 55.7 Å². The minimum atomic E-state index is -4.79. The number of likely N-dealkylation sites (tertiary alicyclic amines) is 2. The number of urea groups is 1. The number of ether oxygens (including phenoxy) is 2. The van der Waals surface area contributed by atoms with E-state index < -0.39 is 59.4 Å². The molecule has 3 saturated heterocycles. The lowest BCUT2D eigenvalue weighted by molar-refractivity contribution is -0.145. The van der Waals surface area contributed by atoms with E-state index in [4.69, 9.17) is 47.2 Å². The Bertz CT molecular complexity index is 2230. The van der Waals surface area contributed by atoms with Crippen molar-refractivity contribution in [2.75, 3.05) is 83.1 Å². The summed E-state index contributed by atoms with van der Waals surface area (Å²) in [5, 5.41) is 33.9. The van der Waals surface area contributed by atoms with Crippen molar-refractivity contribution in [3.05, 3.63) is 82.4 Å². The number of carboxylic acids is 4. The average Bonchev–Trinajstić information content (AvgIpc) is 3.49. The molecule has 4 amide bonds. The van der Waals surface area contributed by atoms with Gasteiger partial charge in [-0.3, -0.25) is 19.4 Å². The fraction of sp³-hybridized carbons (Fsp3) is 0.478. The highest BCUT2D eigenvalue weighted by Gasteiger charge is 2.38. The third kappa shape index (κ3) is 18.1. The van der Waals surface area contributed by atoms with Crippen LogP contribution in [0.15, 0.2) is 60.7 Å². The van der Waals surface area contributed by atoms with Gasteiger partial charge in [0.25, 0.3) is 5.91 Å². The number of aliphatic carboxylic acids is 4. The predicted octanol–water partition coefficient (Wildman–Crippen LogP) is 4.14. The number of halogens is 4. The molecule has 0 aliphatic carbocycles. The number of esters is 1. The van der Waals surface area contributed by atoms with Gasteiger partial charge in [0.1, 0.15) is 0 Å². The van der Waals surface area contributed by atoms with Crippen molar-refractivity contribution in [2.24, 2.45) is 0 Å². The van der Waals surface area contributed by atoms with Crippen molar-refractivity contribution in [1.29, 1.82) is 0 Å². The number of carboxylic acid groups (broad SMARTS) is 4. The first-order valence-electron chi connectivity index (χ1n) is 22.5. The fourth-order valence-corrected chi connectivity index (χ4v) is 8.58. The first-order valence-corrected chi connectivity index (χ1v) is 22.9. The second-order valence-corrected chi connectivity index (χ2v) is 17.0. The number of nitrogens with zero attached hydrogens (tertiary/aromatic N) is 5. The molecular formula is C46H57ClF3N7O14. The van der Waals surface area contributed by atoms with E-state index in [0.717, 1.165) is 43.2 Å². The smallest absolute Gasteiger partial charge is 0.418 e. The van der Waals surface area contributed by atoms with Gasteiger partial charge in [0.05, 0.1) is 29.4 Å². The summed E-state index contributed by atoms with van der Waals surface area (Å²) >= 11 is 6.13. The quantitative estimate of drug-likeness (QED) is 0.0934. The SMILES string of the molecule is CCOC(=O)CN1CCC(N2CCN(C(=O)[C@@H](Cc3cc(Cl)c(N)c(C(F)(F)F)c3)OC(=O)N3CCC(N4CCc5ccccc5NC4=O)CC3)CC2)CC1.O=C(O)C=CC(=O)O.O=C(O)C=CC(=O)O. The van der Waals surface area contributed by atoms with Gasteiger partial charge in [-0.1, -0.05) is 29.8 Å². The standard InChI is InChI=1S/C38H49ClF3N7O6.2C4H4O4/c1-2-54-33(50)24-45-12-8-27(9-13-45)46-17-19-47(20-18-46)35(51)32(23-25-21-29(38(40,41)42)34(43)30(39)22-25)55-37(53)48-14-10-28(11-15-48)49-16-7-26-5-3-4-6-31(26)44-36(49)52;2*5-3(6)1-2-4(7)8/h3-6,21-22,27-28,32H,2,7-20,23-24,43H2,1H3,(H,44,52);2*1-2H,(H,5,6)(H,7,8)/t32-;;/m1../s1. The highest BCUT2D eigenvalue weighted by atomic mass is 35.5. The number of amides is 4. The third-order valence-corrected chi connectivity index (χ3v) is 12.1. The van der Waals surface area contributed by atoms with Crippen LogP contribution < -0.4 is 11.1 Å². The minimum absolute atomic E-state index is 0.0535. The lowest BCUT2D eigenvalue weighted by Gasteiger charge is -2.43. The van der Waals surface area contributed by atoms with Crippen LogP contribution in [0, 0.1) is 0 Å². The molecule has 6 rings (SSSR count). The maximum atomic E-state index is 14.1. The van der Waals surface area contributed by atoms with Crippen LogP contribution in [0.3, 0.4) is 0 Å². The number of piperazine rings is 1. The number of piperidine rings is 2. The molecule has 4 aliphatic heterocycles. The van der Waals surface area contributed by atoms with E-state index in [0.29, 0.717) is 82.9 Å². The number of benzene rings is 2. The second-order valence-electron chi connectivity index (χ2n) is 16.6. The minimum Gasteiger partial charge on any atom is -0.478 e. The highest BCUT2D eigenvalue weighted by molar-refractivity contribution is 6.33. The van der Waals surface area contributed by atoms with Gasteiger partial charge in [-0.05, 0) is 68.4 Å². The van der Waals surface area contributed by atoms with Crippen molar-refractivity contribution in [3.63, 3.8) is 0 Å². The van der Waals surface area contributed by atoms with Gasteiger partial charge in [0, 0.05) is 107 Å². The zero-order valence-corrected chi connectivity index (χ0v) is 39.5. The number of rotatable bonds is 13. The summed E-state index contributed by atoms with van der Waals surface area (Å²) in [5.41, 5.74) is 5.81. The molecule has 1 atom stereocenters. The molecule has 0 unspecified atom stereocenters. The van der Waals surface area contributed by atoms with Gasteiger partial charge in [-0.2, -0.15) is 13.2 Å². The van der Waals surface area contributed by atoms with E-state index in [9.17, 15) is 51.5 Å². The monoisotopic (exact) mass is 1020 g/mol. The molecule has 7 N–H and O–H groups in total. The number of nitrogens with one attached hydrogen (secondary N) is 1. The Morgan fingerprint density at radius 1 is 0.789 bits per heavy atom. The highest BCUT2D eigenvalue weighted by Crippen LogP contribution is 2.38. The van der Waals surface area contributed by atoms with Crippen LogP contribution in [-0.4, -0.2) is 183 Å². The Morgan fingerprint density at radius 2 is 1.34 bits per heavy atom. The van der Waals surface area contributed by atoms with Crippen LogP contribution in [0.1, 0.15) is 49.3 Å². The van der Waals surface area contributed by atoms with Gasteiger partial charge >= 0.3 is 48.1 Å². The van der Waals surface area contributed by atoms with Crippen molar-refractivity contribution < 1.29 is 81.4 Å². The molecular weight excluding hydrogens is 967 g/mol. The molecule has 21 nitrogen and oxygen atoms in total. The number of hydrogen-bond donors (Lipinski definition) is 6. The van der Waals surface area contributed by atoms with Crippen molar-refractivity contribution in [2.45, 2.75) is 69.8 Å². The summed E-state index contributed by atoms with van der Waals surface area (Å²) in [7, 11) is 0. The Hall–Kier alpha value is -6.92. The summed E-state index contributed by atoms with van der Waals surface area (Å²) < 4.78 is 52.5. The number of fused-ring (bicyclic) bond motifs is 1. The molecule has 2 aromatic rings. The van der Waals surface area contributed by atoms with E-state index in [1.54, 1.807) is 16.7 Å². The summed E-state index contributed by atoms with van der Waals surface area (Å²) in [4.78, 5) is 100. The number of para-hydroxylation sites is 1. The summed E-state index contributed by atoms with van der Waals surface area (Å²) in [6.07, 6.45) is -1.67. The maximum absolute atomic E-state index is 14.1. The molecule has 2 aromatic carbocycles. The molecule has 0 bridgehead atoms. The zero-order chi connectivity index (χ0) is 52.4. The lowest BCUT2D eigenvalue weighted by atomic mass is 10.0. The number of alkyl halides is 3.